The van der Waals surface area contributed by atoms with E-state index in [0.717, 1.165) is 36.8 Å². The molecule has 1 amide bonds. The Morgan fingerprint density at radius 1 is 1.27 bits per heavy atom. The highest BCUT2D eigenvalue weighted by atomic mass is 16.6. The van der Waals surface area contributed by atoms with Crippen LogP contribution in [0.15, 0.2) is 24.3 Å². The summed E-state index contributed by atoms with van der Waals surface area (Å²) in [6.07, 6.45) is 2.74. The van der Waals surface area contributed by atoms with Crippen LogP contribution in [0.2, 0.25) is 0 Å². The van der Waals surface area contributed by atoms with Gasteiger partial charge in [-0.05, 0) is 52.2 Å². The maximum Gasteiger partial charge on any atom is 0.407 e. The van der Waals surface area contributed by atoms with E-state index in [1.165, 1.54) is 0 Å². The molecule has 140 valence electrons. The van der Waals surface area contributed by atoms with E-state index in [1.807, 2.05) is 45.0 Å². The van der Waals surface area contributed by atoms with Crippen LogP contribution in [0.4, 0.5) is 16.4 Å². The number of nitrogens with one attached hydrogen (secondary N) is 1. The summed E-state index contributed by atoms with van der Waals surface area (Å²) in [5.74, 6) is 1.12. The van der Waals surface area contributed by atoms with Gasteiger partial charge in [0.25, 0.3) is 0 Å². The maximum atomic E-state index is 12.0. The molecular weight excluding hydrogens is 330 g/mol. The number of hydrogen-bond donors (Lipinski definition) is 2. The SMILES string of the molecule is CC(C)(C)OC(=O)NCC1CCCCN1c1nc2ccccc2nc1N. The minimum absolute atomic E-state index is 0.119. The molecule has 1 aromatic carbocycles. The quantitative estimate of drug-likeness (QED) is 0.877. The van der Waals surface area contributed by atoms with E-state index in [9.17, 15) is 4.79 Å². The first-order valence-electron chi connectivity index (χ1n) is 9.09. The van der Waals surface area contributed by atoms with Crippen molar-refractivity contribution < 1.29 is 9.53 Å². The Kier molecular flexibility index (Phi) is 5.15. The molecule has 1 unspecified atom stereocenters. The third kappa shape index (κ3) is 4.33. The molecule has 1 saturated heterocycles. The zero-order valence-corrected chi connectivity index (χ0v) is 15.7. The van der Waals surface area contributed by atoms with Gasteiger partial charge >= 0.3 is 6.09 Å². The largest absolute Gasteiger partial charge is 0.444 e. The highest BCUT2D eigenvalue weighted by molar-refractivity contribution is 5.80. The van der Waals surface area contributed by atoms with E-state index in [2.05, 4.69) is 15.2 Å². The average Bonchev–Trinajstić information content (AvgIpc) is 2.58. The van der Waals surface area contributed by atoms with Crippen LogP contribution in [0, 0.1) is 0 Å². The Hall–Kier alpha value is -2.57. The number of aromatic nitrogens is 2. The molecule has 1 aromatic heterocycles. The summed E-state index contributed by atoms with van der Waals surface area (Å²) in [6, 6.07) is 7.82. The first-order valence-corrected chi connectivity index (χ1v) is 9.09. The van der Waals surface area contributed by atoms with Crippen molar-refractivity contribution >= 4 is 28.8 Å². The fraction of sp³-hybridized carbons (Fsp3) is 0.526. The number of hydrogen-bond acceptors (Lipinski definition) is 6. The Morgan fingerprint density at radius 3 is 2.65 bits per heavy atom. The highest BCUT2D eigenvalue weighted by Crippen LogP contribution is 2.28. The summed E-state index contributed by atoms with van der Waals surface area (Å²) in [6.45, 7) is 6.89. The molecule has 1 aliphatic heterocycles. The minimum atomic E-state index is -0.509. The van der Waals surface area contributed by atoms with Gasteiger partial charge in [-0.3, -0.25) is 0 Å². The van der Waals surface area contributed by atoms with Crippen LogP contribution in [-0.2, 0) is 4.74 Å². The fourth-order valence-corrected chi connectivity index (χ4v) is 3.22. The van der Waals surface area contributed by atoms with Gasteiger partial charge in [0, 0.05) is 19.1 Å². The number of nitrogen functional groups attached to an aromatic ring is 1. The lowest BCUT2D eigenvalue weighted by molar-refractivity contribution is 0.0523. The molecule has 0 radical (unpaired) electrons. The summed E-state index contributed by atoms with van der Waals surface area (Å²) < 4.78 is 5.33. The van der Waals surface area contributed by atoms with E-state index in [4.69, 9.17) is 15.5 Å². The Labute approximate surface area is 153 Å². The third-order valence-electron chi connectivity index (χ3n) is 4.36. The van der Waals surface area contributed by atoms with Crippen molar-refractivity contribution in [3.8, 4) is 0 Å². The van der Waals surface area contributed by atoms with Crippen molar-refractivity contribution in [2.75, 3.05) is 23.7 Å². The molecule has 0 bridgehead atoms. The number of piperidine rings is 1. The van der Waals surface area contributed by atoms with E-state index in [0.29, 0.717) is 18.2 Å². The molecule has 3 rings (SSSR count). The van der Waals surface area contributed by atoms with Crippen LogP contribution in [0.5, 0.6) is 0 Å². The maximum absolute atomic E-state index is 12.0. The number of nitrogens with two attached hydrogens (primary N) is 1. The molecule has 0 spiro atoms. The van der Waals surface area contributed by atoms with Gasteiger partial charge < -0.3 is 20.7 Å². The number of alkyl carbamates (subject to hydrolysis) is 1. The van der Waals surface area contributed by atoms with Crippen LogP contribution in [0.3, 0.4) is 0 Å². The predicted molar refractivity (Wildman–Crippen MR) is 103 cm³/mol. The summed E-state index contributed by atoms with van der Waals surface area (Å²) in [4.78, 5) is 23.4. The second-order valence-electron chi connectivity index (χ2n) is 7.65. The molecule has 2 heterocycles. The van der Waals surface area contributed by atoms with E-state index < -0.39 is 11.7 Å². The number of anilines is 2. The molecule has 1 aliphatic rings. The van der Waals surface area contributed by atoms with Gasteiger partial charge in [-0.2, -0.15) is 0 Å². The average molecular weight is 357 g/mol. The van der Waals surface area contributed by atoms with Gasteiger partial charge in [0.05, 0.1) is 11.0 Å². The number of carbonyl (C=O) groups is 1. The van der Waals surface area contributed by atoms with Crippen LogP contribution in [0.1, 0.15) is 40.0 Å². The number of benzene rings is 1. The number of amides is 1. The van der Waals surface area contributed by atoms with Gasteiger partial charge in [-0.25, -0.2) is 14.8 Å². The molecule has 0 saturated carbocycles. The molecule has 26 heavy (non-hydrogen) atoms. The smallest absolute Gasteiger partial charge is 0.407 e. The van der Waals surface area contributed by atoms with Crippen LogP contribution >= 0.6 is 0 Å². The van der Waals surface area contributed by atoms with Crippen molar-refractivity contribution in [3.05, 3.63) is 24.3 Å². The predicted octanol–water partition coefficient (Wildman–Crippen LogP) is 3.10. The molecule has 7 nitrogen and oxygen atoms in total. The third-order valence-corrected chi connectivity index (χ3v) is 4.36. The highest BCUT2D eigenvalue weighted by Gasteiger charge is 2.27. The molecule has 2 aromatic rings. The number of nitrogens with zero attached hydrogens (tertiary/aromatic N) is 3. The van der Waals surface area contributed by atoms with Crippen LogP contribution in [-0.4, -0.2) is 40.8 Å². The van der Waals surface area contributed by atoms with Crippen LogP contribution < -0.4 is 16.0 Å². The molecule has 1 fully saturated rings. The van der Waals surface area contributed by atoms with Crippen molar-refractivity contribution in [2.24, 2.45) is 0 Å². The standard InChI is InChI=1S/C19H27N5O2/c1-19(2,3)26-18(25)21-12-13-8-6-7-11-24(13)17-16(20)22-14-9-4-5-10-15(14)23-17/h4-5,9-10,13H,6-8,11-12H2,1-3H3,(H2,20,22)(H,21,25). The van der Waals surface area contributed by atoms with Gasteiger partial charge in [-0.15, -0.1) is 0 Å². The summed E-state index contributed by atoms with van der Waals surface area (Å²) in [5, 5.41) is 2.87. The Balaban J connectivity index is 1.77. The van der Waals surface area contributed by atoms with E-state index in [1.54, 1.807) is 0 Å². The summed E-state index contributed by atoms with van der Waals surface area (Å²) in [7, 11) is 0. The zero-order chi connectivity index (χ0) is 18.7. The first-order chi connectivity index (χ1) is 12.3. The molecule has 0 aliphatic carbocycles. The Morgan fingerprint density at radius 2 is 1.96 bits per heavy atom. The molecule has 1 atom stereocenters. The first kappa shape index (κ1) is 18.2. The lowest BCUT2D eigenvalue weighted by atomic mass is 10.0. The monoisotopic (exact) mass is 357 g/mol. The minimum Gasteiger partial charge on any atom is -0.444 e. The van der Waals surface area contributed by atoms with Gasteiger partial charge in [0.2, 0.25) is 0 Å². The number of rotatable bonds is 3. The van der Waals surface area contributed by atoms with Crippen molar-refractivity contribution in [1.29, 1.82) is 0 Å². The van der Waals surface area contributed by atoms with E-state index >= 15 is 0 Å². The lowest BCUT2D eigenvalue weighted by Gasteiger charge is -2.37. The number of carbonyl (C=O) groups excluding carboxylic acids is 1. The van der Waals surface area contributed by atoms with E-state index in [-0.39, 0.29) is 6.04 Å². The van der Waals surface area contributed by atoms with Crippen molar-refractivity contribution in [2.45, 2.75) is 51.7 Å². The number of para-hydroxylation sites is 2. The second-order valence-corrected chi connectivity index (χ2v) is 7.65. The molecular formula is C19H27N5O2. The number of fused-ring (bicyclic) bond motifs is 1. The molecule has 7 heteroatoms. The van der Waals surface area contributed by atoms with Crippen molar-refractivity contribution in [3.63, 3.8) is 0 Å². The zero-order valence-electron chi connectivity index (χ0n) is 15.7. The number of ether oxygens (including phenoxy) is 1. The second kappa shape index (κ2) is 7.35. The summed E-state index contributed by atoms with van der Waals surface area (Å²) in [5.41, 5.74) is 7.29. The summed E-state index contributed by atoms with van der Waals surface area (Å²) >= 11 is 0. The Bertz CT molecular complexity index is 787. The van der Waals surface area contributed by atoms with Gasteiger partial charge in [0.1, 0.15) is 5.60 Å². The van der Waals surface area contributed by atoms with Gasteiger partial charge in [0.15, 0.2) is 11.6 Å². The lowest BCUT2D eigenvalue weighted by Crippen LogP contribution is -2.48. The van der Waals surface area contributed by atoms with Crippen molar-refractivity contribution in [1.82, 2.24) is 15.3 Å². The topological polar surface area (TPSA) is 93.4 Å². The fourth-order valence-electron chi connectivity index (χ4n) is 3.22. The normalized spacial score (nSPS) is 18.0. The van der Waals surface area contributed by atoms with Gasteiger partial charge in [-0.1, -0.05) is 12.1 Å². The van der Waals surface area contributed by atoms with Crippen LogP contribution in [0.25, 0.3) is 11.0 Å². The molecule has 3 N–H and O–H groups in total.